The van der Waals surface area contributed by atoms with Crippen LogP contribution in [0.3, 0.4) is 0 Å². The molecule has 0 aliphatic carbocycles. The molecule has 0 amide bonds. The van der Waals surface area contributed by atoms with Crippen molar-refractivity contribution < 1.29 is 13.2 Å². The highest BCUT2D eigenvalue weighted by molar-refractivity contribution is 5.63. The fourth-order valence-electron chi connectivity index (χ4n) is 1.92. The van der Waals surface area contributed by atoms with Crippen molar-refractivity contribution in [2.24, 2.45) is 7.05 Å². The maximum atomic E-state index is 13.3. The summed E-state index contributed by atoms with van der Waals surface area (Å²) in [6.07, 6.45) is 1.77. The number of halogens is 3. The van der Waals surface area contributed by atoms with E-state index in [1.54, 1.807) is 17.9 Å². The highest BCUT2D eigenvalue weighted by Gasteiger charge is 2.16. The fraction of sp³-hybridized carbons (Fsp3) is 0.357. The SMILES string of the molecule is CC(C)NCc1cn(C)nc1-c1cc(F)c(F)c(F)c1. The third kappa shape index (κ3) is 3.01. The second-order valence-electron chi connectivity index (χ2n) is 4.97. The lowest BCUT2D eigenvalue weighted by Crippen LogP contribution is -2.21. The van der Waals surface area contributed by atoms with E-state index in [0.29, 0.717) is 12.2 Å². The molecule has 0 aliphatic heterocycles. The summed E-state index contributed by atoms with van der Waals surface area (Å²) in [5.74, 6) is -3.90. The first-order chi connectivity index (χ1) is 9.38. The average molecular weight is 283 g/mol. The molecule has 0 bridgehead atoms. The van der Waals surface area contributed by atoms with Gasteiger partial charge in [-0.2, -0.15) is 5.10 Å². The van der Waals surface area contributed by atoms with Gasteiger partial charge in [-0.1, -0.05) is 13.8 Å². The van der Waals surface area contributed by atoms with Crippen molar-refractivity contribution in [1.82, 2.24) is 15.1 Å². The molecule has 0 aliphatic rings. The minimum Gasteiger partial charge on any atom is -0.310 e. The lowest BCUT2D eigenvalue weighted by atomic mass is 10.1. The standard InChI is InChI=1S/C14H16F3N3/c1-8(2)18-6-10-7-20(3)19-14(10)9-4-11(15)13(17)12(16)5-9/h4-5,7-8,18H,6H2,1-3H3. The predicted octanol–water partition coefficient (Wildman–Crippen LogP) is 3.00. The monoisotopic (exact) mass is 283 g/mol. The molecule has 2 rings (SSSR count). The van der Waals surface area contributed by atoms with E-state index >= 15 is 0 Å². The van der Waals surface area contributed by atoms with Crippen LogP contribution in [0.5, 0.6) is 0 Å². The number of hydrogen-bond donors (Lipinski definition) is 1. The molecular formula is C14H16F3N3. The Kier molecular flexibility index (Phi) is 4.13. The Morgan fingerprint density at radius 3 is 2.35 bits per heavy atom. The van der Waals surface area contributed by atoms with E-state index in [1.165, 1.54) is 0 Å². The molecule has 3 nitrogen and oxygen atoms in total. The summed E-state index contributed by atoms with van der Waals surface area (Å²) in [7, 11) is 1.72. The van der Waals surface area contributed by atoms with Gasteiger partial charge in [-0.3, -0.25) is 4.68 Å². The minimum absolute atomic E-state index is 0.225. The van der Waals surface area contributed by atoms with Gasteiger partial charge in [-0.15, -0.1) is 0 Å². The van der Waals surface area contributed by atoms with Crippen molar-refractivity contribution in [2.45, 2.75) is 26.4 Å². The molecule has 1 N–H and O–H groups in total. The number of nitrogens with one attached hydrogen (secondary N) is 1. The van der Waals surface area contributed by atoms with E-state index in [9.17, 15) is 13.2 Å². The zero-order valence-electron chi connectivity index (χ0n) is 11.5. The molecule has 0 atom stereocenters. The zero-order chi connectivity index (χ0) is 14.9. The van der Waals surface area contributed by atoms with Crippen LogP contribution in [0.2, 0.25) is 0 Å². The third-order valence-electron chi connectivity index (χ3n) is 2.86. The van der Waals surface area contributed by atoms with Crippen molar-refractivity contribution >= 4 is 0 Å². The molecule has 20 heavy (non-hydrogen) atoms. The first-order valence-corrected chi connectivity index (χ1v) is 6.29. The maximum absolute atomic E-state index is 13.3. The number of nitrogens with zero attached hydrogens (tertiary/aromatic N) is 2. The van der Waals surface area contributed by atoms with Gasteiger partial charge < -0.3 is 5.32 Å². The normalized spacial score (nSPS) is 11.3. The first kappa shape index (κ1) is 14.6. The molecule has 6 heteroatoms. The average Bonchev–Trinajstić information content (AvgIpc) is 2.74. The van der Waals surface area contributed by atoms with E-state index < -0.39 is 17.5 Å². The smallest absolute Gasteiger partial charge is 0.194 e. The topological polar surface area (TPSA) is 29.9 Å². The summed E-state index contributed by atoms with van der Waals surface area (Å²) in [5, 5.41) is 7.40. The highest BCUT2D eigenvalue weighted by Crippen LogP contribution is 2.25. The molecule has 108 valence electrons. The number of hydrogen-bond acceptors (Lipinski definition) is 2. The van der Waals surface area contributed by atoms with Crippen LogP contribution in [0.25, 0.3) is 11.3 Å². The van der Waals surface area contributed by atoms with Gasteiger partial charge in [0.15, 0.2) is 17.5 Å². The van der Waals surface area contributed by atoms with Gasteiger partial charge in [0.2, 0.25) is 0 Å². The van der Waals surface area contributed by atoms with Gasteiger partial charge >= 0.3 is 0 Å². The molecule has 1 aromatic heterocycles. The minimum atomic E-state index is -1.47. The Bertz CT molecular complexity index is 597. The Balaban J connectivity index is 2.42. The highest BCUT2D eigenvalue weighted by atomic mass is 19.2. The van der Waals surface area contributed by atoms with Crippen LogP contribution in [-0.4, -0.2) is 15.8 Å². The van der Waals surface area contributed by atoms with E-state index in [2.05, 4.69) is 10.4 Å². The van der Waals surface area contributed by atoms with Crippen molar-refractivity contribution in [2.75, 3.05) is 0 Å². The molecule has 0 unspecified atom stereocenters. The summed E-state index contributed by atoms with van der Waals surface area (Å²) in [4.78, 5) is 0. The van der Waals surface area contributed by atoms with Crippen molar-refractivity contribution in [3.05, 3.63) is 41.3 Å². The van der Waals surface area contributed by atoms with E-state index in [-0.39, 0.29) is 11.6 Å². The maximum Gasteiger partial charge on any atom is 0.194 e. The van der Waals surface area contributed by atoms with Gasteiger partial charge in [0.1, 0.15) is 0 Å². The van der Waals surface area contributed by atoms with Gasteiger partial charge in [0.25, 0.3) is 0 Å². The van der Waals surface area contributed by atoms with Gasteiger partial charge in [-0.05, 0) is 12.1 Å². The van der Waals surface area contributed by atoms with E-state index in [4.69, 9.17) is 0 Å². The Morgan fingerprint density at radius 2 is 1.80 bits per heavy atom. The third-order valence-corrected chi connectivity index (χ3v) is 2.86. The van der Waals surface area contributed by atoms with Crippen LogP contribution in [0.4, 0.5) is 13.2 Å². The molecule has 0 radical (unpaired) electrons. The summed E-state index contributed by atoms with van der Waals surface area (Å²) in [6, 6.07) is 2.18. The van der Waals surface area contributed by atoms with Crippen molar-refractivity contribution in [1.29, 1.82) is 0 Å². The Hall–Kier alpha value is -1.82. The Labute approximate surface area is 115 Å². The number of benzene rings is 1. The van der Waals surface area contributed by atoms with Crippen molar-refractivity contribution in [3.8, 4) is 11.3 Å². The van der Waals surface area contributed by atoms with E-state index in [0.717, 1.165) is 17.7 Å². The Morgan fingerprint density at radius 1 is 1.20 bits per heavy atom. The van der Waals surface area contributed by atoms with Gasteiger partial charge in [-0.25, -0.2) is 13.2 Å². The second kappa shape index (κ2) is 5.66. The largest absolute Gasteiger partial charge is 0.310 e. The quantitative estimate of drug-likeness (QED) is 0.874. The predicted molar refractivity (Wildman–Crippen MR) is 70.5 cm³/mol. The summed E-state index contributed by atoms with van der Waals surface area (Å²) in [6.45, 7) is 4.50. The molecule has 0 fully saturated rings. The molecule has 0 spiro atoms. The van der Waals surface area contributed by atoms with Crippen LogP contribution >= 0.6 is 0 Å². The van der Waals surface area contributed by atoms with Gasteiger partial charge in [0, 0.05) is 37.0 Å². The lowest BCUT2D eigenvalue weighted by Gasteiger charge is -2.08. The molecule has 0 saturated carbocycles. The van der Waals surface area contributed by atoms with Crippen LogP contribution in [0, 0.1) is 17.5 Å². The molecule has 0 saturated heterocycles. The molecule has 1 heterocycles. The second-order valence-corrected chi connectivity index (χ2v) is 4.97. The molecular weight excluding hydrogens is 267 g/mol. The fourth-order valence-corrected chi connectivity index (χ4v) is 1.92. The van der Waals surface area contributed by atoms with E-state index in [1.807, 2.05) is 13.8 Å². The number of aryl methyl sites for hydroxylation is 1. The summed E-state index contributed by atoms with van der Waals surface area (Å²) < 4.78 is 41.2. The van der Waals surface area contributed by atoms with Crippen LogP contribution < -0.4 is 5.32 Å². The summed E-state index contributed by atoms with van der Waals surface area (Å²) >= 11 is 0. The van der Waals surface area contributed by atoms with Crippen molar-refractivity contribution in [3.63, 3.8) is 0 Å². The molecule has 2 aromatic rings. The first-order valence-electron chi connectivity index (χ1n) is 6.29. The zero-order valence-corrected chi connectivity index (χ0v) is 11.5. The van der Waals surface area contributed by atoms with Crippen LogP contribution in [-0.2, 0) is 13.6 Å². The lowest BCUT2D eigenvalue weighted by molar-refractivity contribution is 0.447. The number of aromatic nitrogens is 2. The van der Waals surface area contributed by atoms with Crippen LogP contribution in [0.15, 0.2) is 18.3 Å². The van der Waals surface area contributed by atoms with Crippen LogP contribution in [0.1, 0.15) is 19.4 Å². The summed E-state index contributed by atoms with van der Waals surface area (Å²) in [5.41, 5.74) is 1.47. The van der Waals surface area contributed by atoms with Gasteiger partial charge in [0.05, 0.1) is 5.69 Å². The number of rotatable bonds is 4. The molecule has 1 aromatic carbocycles.